The third kappa shape index (κ3) is 5.83. The molecule has 0 spiro atoms. The SMILES string of the molecule is CCC1CCCCN1CCNC(=NC)NCC1(N(C)C)CCOCC1. The van der Waals surface area contributed by atoms with Crippen LogP contribution in [-0.2, 0) is 4.74 Å². The van der Waals surface area contributed by atoms with E-state index in [1.165, 1.54) is 32.2 Å². The second-order valence-electron chi connectivity index (χ2n) is 7.68. The number of nitrogens with zero attached hydrogens (tertiary/aromatic N) is 3. The molecule has 2 saturated heterocycles. The predicted molar refractivity (Wildman–Crippen MR) is 105 cm³/mol. The molecule has 2 fully saturated rings. The van der Waals surface area contributed by atoms with Gasteiger partial charge in [0.25, 0.3) is 0 Å². The molecular formula is C19H39N5O. The molecule has 0 aromatic carbocycles. The maximum Gasteiger partial charge on any atom is 0.191 e. The topological polar surface area (TPSA) is 52.1 Å². The monoisotopic (exact) mass is 353 g/mol. The van der Waals surface area contributed by atoms with Gasteiger partial charge in [0.15, 0.2) is 5.96 Å². The second kappa shape index (κ2) is 10.3. The van der Waals surface area contributed by atoms with Gasteiger partial charge in [-0.1, -0.05) is 13.3 Å². The molecule has 0 bridgehead atoms. The maximum absolute atomic E-state index is 5.55. The van der Waals surface area contributed by atoms with Crippen LogP contribution in [0.5, 0.6) is 0 Å². The van der Waals surface area contributed by atoms with Crippen LogP contribution in [0.3, 0.4) is 0 Å². The minimum atomic E-state index is 0.163. The van der Waals surface area contributed by atoms with Crippen molar-refractivity contribution in [2.45, 2.75) is 57.0 Å². The van der Waals surface area contributed by atoms with Crippen molar-refractivity contribution in [1.29, 1.82) is 0 Å². The number of nitrogens with one attached hydrogen (secondary N) is 2. The lowest BCUT2D eigenvalue weighted by Crippen LogP contribution is -2.57. The van der Waals surface area contributed by atoms with Crippen LogP contribution in [0.1, 0.15) is 45.4 Å². The highest BCUT2D eigenvalue weighted by Crippen LogP contribution is 2.25. The fraction of sp³-hybridized carbons (Fsp3) is 0.947. The first-order valence-electron chi connectivity index (χ1n) is 10.0. The van der Waals surface area contributed by atoms with Crippen LogP contribution >= 0.6 is 0 Å². The zero-order chi connectivity index (χ0) is 18.1. The molecule has 1 unspecified atom stereocenters. The molecule has 2 aliphatic heterocycles. The van der Waals surface area contributed by atoms with Crippen LogP contribution < -0.4 is 10.6 Å². The fourth-order valence-electron chi connectivity index (χ4n) is 4.14. The largest absolute Gasteiger partial charge is 0.381 e. The zero-order valence-electron chi connectivity index (χ0n) is 16.8. The highest BCUT2D eigenvalue weighted by atomic mass is 16.5. The molecule has 0 aromatic heterocycles. The number of ether oxygens (including phenoxy) is 1. The number of aliphatic imine (C=N–C) groups is 1. The van der Waals surface area contributed by atoms with Crippen LogP contribution in [0.4, 0.5) is 0 Å². The smallest absolute Gasteiger partial charge is 0.191 e. The Morgan fingerprint density at radius 3 is 2.64 bits per heavy atom. The van der Waals surface area contributed by atoms with E-state index in [0.717, 1.165) is 57.7 Å². The molecule has 2 rings (SSSR count). The molecule has 0 aromatic rings. The lowest BCUT2D eigenvalue weighted by molar-refractivity contribution is -0.00501. The lowest BCUT2D eigenvalue weighted by Gasteiger charge is -2.43. The minimum absolute atomic E-state index is 0.163. The highest BCUT2D eigenvalue weighted by molar-refractivity contribution is 5.79. The maximum atomic E-state index is 5.55. The molecule has 2 N–H and O–H groups in total. The van der Waals surface area contributed by atoms with E-state index in [1.807, 2.05) is 7.05 Å². The molecule has 0 saturated carbocycles. The molecule has 6 heteroatoms. The standard InChI is InChI=1S/C19H39N5O/c1-5-17-8-6-7-12-24(17)13-11-21-18(20-2)22-16-19(23(3)4)9-14-25-15-10-19/h17H,5-16H2,1-4H3,(H2,20,21,22). The Hall–Kier alpha value is -0.850. The van der Waals surface area contributed by atoms with Gasteiger partial charge >= 0.3 is 0 Å². The van der Waals surface area contributed by atoms with Gasteiger partial charge in [0.05, 0.1) is 0 Å². The Kier molecular flexibility index (Phi) is 8.46. The molecule has 0 aliphatic carbocycles. The van der Waals surface area contributed by atoms with Gasteiger partial charge in [-0.3, -0.25) is 9.89 Å². The van der Waals surface area contributed by atoms with Gasteiger partial charge in [-0.15, -0.1) is 0 Å². The van der Waals surface area contributed by atoms with Gasteiger partial charge < -0.3 is 20.3 Å². The van der Waals surface area contributed by atoms with Crippen molar-refractivity contribution in [1.82, 2.24) is 20.4 Å². The van der Waals surface area contributed by atoms with E-state index in [4.69, 9.17) is 4.74 Å². The predicted octanol–water partition coefficient (Wildman–Crippen LogP) is 1.53. The average molecular weight is 354 g/mol. The van der Waals surface area contributed by atoms with Crippen molar-refractivity contribution >= 4 is 5.96 Å². The third-order valence-electron chi connectivity index (χ3n) is 6.09. The van der Waals surface area contributed by atoms with Gasteiger partial charge in [-0.2, -0.15) is 0 Å². The van der Waals surface area contributed by atoms with Gasteiger partial charge in [0.2, 0.25) is 0 Å². The molecule has 1 atom stereocenters. The summed E-state index contributed by atoms with van der Waals surface area (Å²) in [7, 11) is 6.20. The average Bonchev–Trinajstić information content (AvgIpc) is 2.65. The highest BCUT2D eigenvalue weighted by Gasteiger charge is 2.34. The fourth-order valence-corrected chi connectivity index (χ4v) is 4.14. The van der Waals surface area contributed by atoms with E-state index in [9.17, 15) is 0 Å². The lowest BCUT2D eigenvalue weighted by atomic mass is 9.88. The molecule has 2 aliphatic rings. The Morgan fingerprint density at radius 2 is 2.00 bits per heavy atom. The van der Waals surface area contributed by atoms with E-state index in [2.05, 4.69) is 46.4 Å². The van der Waals surface area contributed by atoms with Crippen LogP contribution in [0, 0.1) is 0 Å². The van der Waals surface area contributed by atoms with Gasteiger partial charge in [0, 0.05) is 51.5 Å². The van der Waals surface area contributed by atoms with Crippen molar-refractivity contribution in [3.8, 4) is 0 Å². The van der Waals surface area contributed by atoms with E-state index < -0.39 is 0 Å². The molecule has 146 valence electrons. The van der Waals surface area contributed by atoms with Crippen LogP contribution in [-0.4, -0.2) is 87.9 Å². The summed E-state index contributed by atoms with van der Waals surface area (Å²) in [4.78, 5) is 9.40. The van der Waals surface area contributed by atoms with Gasteiger partial charge in [-0.05, 0) is 52.7 Å². The molecule has 0 radical (unpaired) electrons. The van der Waals surface area contributed by atoms with Crippen LogP contribution in [0.25, 0.3) is 0 Å². The molecule has 0 amide bonds. The summed E-state index contributed by atoms with van der Waals surface area (Å²) in [5.74, 6) is 0.915. The molecule has 25 heavy (non-hydrogen) atoms. The quantitative estimate of drug-likeness (QED) is 0.537. The number of likely N-dealkylation sites (tertiary alicyclic amines) is 1. The Labute approximate surface area is 154 Å². The van der Waals surface area contributed by atoms with Crippen molar-refractivity contribution < 1.29 is 4.74 Å². The molecule has 2 heterocycles. The summed E-state index contributed by atoms with van der Waals surface area (Å²) in [6.45, 7) is 8.21. The first-order valence-corrected chi connectivity index (χ1v) is 10.0. The summed E-state index contributed by atoms with van der Waals surface area (Å²) in [6.07, 6.45) is 7.49. The van der Waals surface area contributed by atoms with Crippen molar-refractivity contribution in [2.24, 2.45) is 4.99 Å². The number of hydrogen-bond acceptors (Lipinski definition) is 4. The minimum Gasteiger partial charge on any atom is -0.381 e. The number of likely N-dealkylation sites (N-methyl/N-ethyl adjacent to an activating group) is 1. The Bertz CT molecular complexity index is 407. The van der Waals surface area contributed by atoms with Crippen molar-refractivity contribution in [2.75, 3.05) is 60.5 Å². The summed E-state index contributed by atoms with van der Waals surface area (Å²) < 4.78 is 5.55. The third-order valence-corrected chi connectivity index (χ3v) is 6.09. The zero-order valence-corrected chi connectivity index (χ0v) is 16.8. The van der Waals surface area contributed by atoms with E-state index in [-0.39, 0.29) is 5.54 Å². The van der Waals surface area contributed by atoms with Crippen LogP contribution in [0.15, 0.2) is 4.99 Å². The van der Waals surface area contributed by atoms with Crippen LogP contribution in [0.2, 0.25) is 0 Å². The van der Waals surface area contributed by atoms with Gasteiger partial charge in [0.1, 0.15) is 0 Å². The van der Waals surface area contributed by atoms with E-state index in [0.29, 0.717) is 0 Å². The summed E-state index contributed by atoms with van der Waals surface area (Å²) in [5, 5.41) is 7.05. The van der Waals surface area contributed by atoms with Gasteiger partial charge in [-0.25, -0.2) is 0 Å². The number of rotatable bonds is 7. The number of hydrogen-bond donors (Lipinski definition) is 2. The first-order chi connectivity index (χ1) is 12.1. The number of piperidine rings is 1. The van der Waals surface area contributed by atoms with Crippen molar-refractivity contribution in [3.63, 3.8) is 0 Å². The summed E-state index contributed by atoms with van der Waals surface area (Å²) in [5.41, 5.74) is 0.163. The summed E-state index contributed by atoms with van der Waals surface area (Å²) >= 11 is 0. The second-order valence-corrected chi connectivity index (χ2v) is 7.68. The van der Waals surface area contributed by atoms with Crippen molar-refractivity contribution in [3.05, 3.63) is 0 Å². The Morgan fingerprint density at radius 1 is 1.24 bits per heavy atom. The summed E-state index contributed by atoms with van der Waals surface area (Å²) in [6, 6.07) is 0.768. The normalized spacial score (nSPS) is 25.2. The van der Waals surface area contributed by atoms with E-state index >= 15 is 0 Å². The first kappa shape index (κ1) is 20.5. The molecular weight excluding hydrogens is 314 g/mol. The Balaban J connectivity index is 1.76. The number of guanidine groups is 1. The molecule has 6 nitrogen and oxygen atoms in total. The van der Waals surface area contributed by atoms with E-state index in [1.54, 1.807) is 0 Å².